The minimum atomic E-state index is -0.513. The Morgan fingerprint density at radius 3 is 2.48 bits per heavy atom. The number of nitrogens with one attached hydrogen (secondary N) is 2. The van der Waals surface area contributed by atoms with E-state index in [2.05, 4.69) is 10.6 Å². The first-order valence-corrected chi connectivity index (χ1v) is 9.12. The predicted octanol–water partition coefficient (Wildman–Crippen LogP) is 2.43. The van der Waals surface area contributed by atoms with Crippen LogP contribution in [0.3, 0.4) is 0 Å². The highest BCUT2D eigenvalue weighted by atomic mass is 16.6. The second-order valence-electron chi connectivity index (χ2n) is 6.64. The van der Waals surface area contributed by atoms with Crippen LogP contribution in [0.2, 0.25) is 0 Å². The Kier molecular flexibility index (Phi) is 8.05. The molecule has 0 aliphatic rings. The lowest BCUT2D eigenvalue weighted by molar-refractivity contribution is -0.384. The van der Waals surface area contributed by atoms with E-state index >= 15 is 0 Å². The highest BCUT2D eigenvalue weighted by Crippen LogP contribution is 2.15. The van der Waals surface area contributed by atoms with Crippen LogP contribution < -0.4 is 10.6 Å². The van der Waals surface area contributed by atoms with Crippen LogP contribution in [0.1, 0.15) is 22.3 Å². The average molecular weight is 396 g/mol. The van der Waals surface area contributed by atoms with Crippen molar-refractivity contribution in [3.8, 4) is 0 Å². The molecule has 0 heterocycles. The maximum Gasteiger partial charge on any atom is 0.270 e. The van der Waals surface area contributed by atoms with Crippen LogP contribution in [-0.2, 0) is 4.79 Å². The molecule has 0 unspecified atom stereocenters. The fourth-order valence-corrected chi connectivity index (χ4v) is 2.53. The number of nitro groups is 1. The molecule has 2 aromatic rings. The fourth-order valence-electron chi connectivity index (χ4n) is 2.53. The summed E-state index contributed by atoms with van der Waals surface area (Å²) < 4.78 is 0. The van der Waals surface area contributed by atoms with Crippen LogP contribution in [0, 0.1) is 10.1 Å². The number of nitro benzene ring substituents is 1. The molecule has 8 heteroatoms. The van der Waals surface area contributed by atoms with E-state index in [1.165, 1.54) is 24.3 Å². The van der Waals surface area contributed by atoms with Crippen molar-refractivity contribution in [2.45, 2.75) is 6.42 Å². The second-order valence-corrected chi connectivity index (χ2v) is 6.64. The Balaban J connectivity index is 2.22. The quantitative estimate of drug-likeness (QED) is 0.293. The molecule has 2 amide bonds. The smallest absolute Gasteiger partial charge is 0.270 e. The number of rotatable bonds is 9. The van der Waals surface area contributed by atoms with Gasteiger partial charge in [-0.1, -0.05) is 30.3 Å². The molecule has 0 aliphatic heterocycles. The summed E-state index contributed by atoms with van der Waals surface area (Å²) in [6.45, 7) is 1.24. The van der Waals surface area contributed by atoms with Crippen molar-refractivity contribution in [1.29, 1.82) is 0 Å². The van der Waals surface area contributed by atoms with Crippen molar-refractivity contribution in [2.75, 3.05) is 27.2 Å². The van der Waals surface area contributed by atoms with Gasteiger partial charge in [0.15, 0.2) is 0 Å². The summed E-state index contributed by atoms with van der Waals surface area (Å²) in [5.74, 6) is -0.898. The van der Waals surface area contributed by atoms with Gasteiger partial charge in [-0.15, -0.1) is 0 Å². The maximum absolute atomic E-state index is 12.6. The van der Waals surface area contributed by atoms with E-state index in [9.17, 15) is 19.7 Å². The van der Waals surface area contributed by atoms with Crippen LogP contribution in [0.15, 0.2) is 60.3 Å². The molecule has 0 aliphatic carbocycles. The monoisotopic (exact) mass is 396 g/mol. The summed E-state index contributed by atoms with van der Waals surface area (Å²) in [5, 5.41) is 16.4. The molecule has 0 atom stereocenters. The van der Waals surface area contributed by atoms with Gasteiger partial charge in [-0.3, -0.25) is 19.7 Å². The van der Waals surface area contributed by atoms with Crippen LogP contribution in [0.25, 0.3) is 6.08 Å². The first-order valence-electron chi connectivity index (χ1n) is 9.12. The van der Waals surface area contributed by atoms with Crippen molar-refractivity contribution >= 4 is 23.6 Å². The number of amides is 2. The minimum absolute atomic E-state index is 0.0178. The van der Waals surface area contributed by atoms with Gasteiger partial charge in [0.05, 0.1) is 4.92 Å². The topological polar surface area (TPSA) is 105 Å². The maximum atomic E-state index is 12.6. The molecule has 0 radical (unpaired) electrons. The van der Waals surface area contributed by atoms with Gasteiger partial charge in [0, 0.05) is 24.2 Å². The second kappa shape index (κ2) is 10.7. The van der Waals surface area contributed by atoms with Crippen molar-refractivity contribution in [3.05, 3.63) is 81.5 Å². The number of hydrogen-bond donors (Lipinski definition) is 2. The molecule has 0 spiro atoms. The van der Waals surface area contributed by atoms with E-state index in [1.807, 2.05) is 19.0 Å². The average Bonchev–Trinajstić information content (AvgIpc) is 2.71. The number of carbonyl (C=O) groups is 2. The van der Waals surface area contributed by atoms with Gasteiger partial charge < -0.3 is 15.5 Å². The minimum Gasteiger partial charge on any atom is -0.351 e. The van der Waals surface area contributed by atoms with Crippen LogP contribution in [0.4, 0.5) is 5.69 Å². The van der Waals surface area contributed by atoms with Crippen molar-refractivity contribution in [1.82, 2.24) is 15.5 Å². The molecule has 2 rings (SSSR count). The molecule has 8 nitrogen and oxygen atoms in total. The zero-order chi connectivity index (χ0) is 21.2. The summed E-state index contributed by atoms with van der Waals surface area (Å²) in [7, 11) is 3.88. The SMILES string of the molecule is CN(C)CCCNC(=O)C(=Cc1cccc([N+](=O)[O-])c1)NC(=O)c1ccccc1. The van der Waals surface area contributed by atoms with Crippen LogP contribution in [0.5, 0.6) is 0 Å². The van der Waals surface area contributed by atoms with E-state index in [0.29, 0.717) is 17.7 Å². The Hall–Kier alpha value is -3.52. The third-order valence-corrected chi connectivity index (χ3v) is 3.99. The Bertz CT molecular complexity index is 895. The van der Waals surface area contributed by atoms with Crippen LogP contribution in [-0.4, -0.2) is 48.8 Å². The molecule has 152 valence electrons. The van der Waals surface area contributed by atoms with Gasteiger partial charge in [-0.25, -0.2) is 0 Å². The highest BCUT2D eigenvalue weighted by molar-refractivity contribution is 6.05. The number of benzene rings is 2. The van der Waals surface area contributed by atoms with Gasteiger partial charge >= 0.3 is 0 Å². The molecule has 0 aromatic heterocycles. The number of non-ortho nitro benzene ring substituents is 1. The third-order valence-electron chi connectivity index (χ3n) is 3.99. The van der Waals surface area contributed by atoms with Crippen molar-refractivity contribution < 1.29 is 14.5 Å². The van der Waals surface area contributed by atoms with E-state index < -0.39 is 16.7 Å². The van der Waals surface area contributed by atoms with Gasteiger partial charge in [-0.2, -0.15) is 0 Å². The van der Waals surface area contributed by atoms with E-state index in [0.717, 1.165) is 13.0 Å². The summed E-state index contributed by atoms with van der Waals surface area (Å²) in [5.41, 5.74) is 0.756. The predicted molar refractivity (Wildman–Crippen MR) is 111 cm³/mol. The van der Waals surface area contributed by atoms with Gasteiger partial charge in [0.2, 0.25) is 0 Å². The van der Waals surface area contributed by atoms with Crippen molar-refractivity contribution in [3.63, 3.8) is 0 Å². The van der Waals surface area contributed by atoms with E-state index in [-0.39, 0.29) is 11.4 Å². The first-order chi connectivity index (χ1) is 13.9. The fraction of sp³-hybridized carbons (Fsp3) is 0.238. The Morgan fingerprint density at radius 2 is 1.83 bits per heavy atom. The molecule has 0 saturated carbocycles. The zero-order valence-electron chi connectivity index (χ0n) is 16.4. The molecule has 0 bridgehead atoms. The van der Waals surface area contributed by atoms with E-state index in [4.69, 9.17) is 0 Å². The molecule has 29 heavy (non-hydrogen) atoms. The number of hydrogen-bond acceptors (Lipinski definition) is 5. The number of nitrogens with zero attached hydrogens (tertiary/aromatic N) is 2. The molecule has 0 fully saturated rings. The highest BCUT2D eigenvalue weighted by Gasteiger charge is 2.15. The largest absolute Gasteiger partial charge is 0.351 e. The summed E-state index contributed by atoms with van der Waals surface area (Å²) in [6, 6.07) is 14.4. The van der Waals surface area contributed by atoms with Gasteiger partial charge in [0.25, 0.3) is 17.5 Å². The molecule has 2 aromatic carbocycles. The lowest BCUT2D eigenvalue weighted by atomic mass is 10.1. The standard InChI is InChI=1S/C21H24N4O4/c1-24(2)13-7-12-22-21(27)19(23-20(26)17-9-4-3-5-10-17)15-16-8-6-11-18(14-16)25(28)29/h3-6,8-11,14-15H,7,12-13H2,1-2H3,(H,22,27)(H,23,26). The Labute approximate surface area is 169 Å². The summed E-state index contributed by atoms with van der Waals surface area (Å²) in [6.07, 6.45) is 2.17. The van der Waals surface area contributed by atoms with Gasteiger partial charge in [0.1, 0.15) is 5.70 Å². The summed E-state index contributed by atoms with van der Waals surface area (Å²) >= 11 is 0. The van der Waals surface area contributed by atoms with Gasteiger partial charge in [-0.05, 0) is 50.8 Å². The summed E-state index contributed by atoms with van der Waals surface area (Å²) in [4.78, 5) is 37.6. The zero-order valence-corrected chi connectivity index (χ0v) is 16.4. The number of carbonyl (C=O) groups excluding carboxylic acids is 2. The lowest BCUT2D eigenvalue weighted by Crippen LogP contribution is -2.36. The molecule has 0 saturated heterocycles. The molecular formula is C21H24N4O4. The normalized spacial score (nSPS) is 11.2. The molecule has 2 N–H and O–H groups in total. The van der Waals surface area contributed by atoms with E-state index in [1.54, 1.807) is 36.4 Å². The third kappa shape index (κ3) is 7.19. The van der Waals surface area contributed by atoms with Crippen molar-refractivity contribution in [2.24, 2.45) is 0 Å². The molecular weight excluding hydrogens is 372 g/mol. The first kappa shape index (κ1) is 21.8. The lowest BCUT2D eigenvalue weighted by Gasteiger charge is -2.13. The Morgan fingerprint density at radius 1 is 1.10 bits per heavy atom. The van der Waals surface area contributed by atoms with Crippen LogP contribution >= 0.6 is 0 Å².